The molecule has 0 fully saturated rings. The lowest BCUT2D eigenvalue weighted by Gasteiger charge is -2.28. The topological polar surface area (TPSA) is 16.4 Å². The van der Waals surface area contributed by atoms with Gasteiger partial charge in [0.2, 0.25) is 0 Å². The summed E-state index contributed by atoms with van der Waals surface area (Å²) < 4.78 is 6.35. The predicted octanol–water partition coefficient (Wildman–Crippen LogP) is 13.2. The van der Waals surface area contributed by atoms with Gasteiger partial charge in [-0.25, -0.2) is 0 Å². The van der Waals surface area contributed by atoms with Crippen LogP contribution in [0.5, 0.6) is 0 Å². The molecule has 9 rings (SSSR count). The maximum absolute atomic E-state index is 6.35. The molecule has 0 aliphatic rings. The van der Waals surface area contributed by atoms with Gasteiger partial charge in [-0.05, 0) is 87.1 Å². The molecule has 48 heavy (non-hydrogen) atoms. The van der Waals surface area contributed by atoms with E-state index < -0.39 is 0 Å². The van der Waals surface area contributed by atoms with Crippen LogP contribution >= 0.6 is 0 Å². The van der Waals surface area contributed by atoms with E-state index in [-0.39, 0.29) is 0 Å². The summed E-state index contributed by atoms with van der Waals surface area (Å²) >= 11 is 0. The van der Waals surface area contributed by atoms with E-state index in [1.54, 1.807) is 0 Å². The second-order valence-corrected chi connectivity index (χ2v) is 12.2. The van der Waals surface area contributed by atoms with Gasteiger partial charge in [0.15, 0.2) is 0 Å². The molecule has 8 aromatic carbocycles. The predicted molar refractivity (Wildman–Crippen MR) is 202 cm³/mol. The summed E-state index contributed by atoms with van der Waals surface area (Å²) in [6, 6.07) is 66.9. The lowest BCUT2D eigenvalue weighted by Crippen LogP contribution is -2.11. The van der Waals surface area contributed by atoms with Crippen LogP contribution in [0.3, 0.4) is 0 Å². The second-order valence-electron chi connectivity index (χ2n) is 12.2. The minimum Gasteiger partial charge on any atom is -0.456 e. The molecule has 0 aliphatic carbocycles. The summed E-state index contributed by atoms with van der Waals surface area (Å²) in [5, 5.41) is 4.71. The van der Waals surface area contributed by atoms with Crippen molar-refractivity contribution in [3.63, 3.8) is 0 Å². The molecule has 0 spiro atoms. The van der Waals surface area contributed by atoms with Crippen molar-refractivity contribution in [1.29, 1.82) is 0 Å². The van der Waals surface area contributed by atoms with Gasteiger partial charge in [0.05, 0.1) is 16.8 Å². The Kier molecular flexibility index (Phi) is 6.84. The van der Waals surface area contributed by atoms with Crippen LogP contribution < -0.4 is 4.90 Å². The van der Waals surface area contributed by atoms with Crippen LogP contribution in [0.4, 0.5) is 17.1 Å². The van der Waals surface area contributed by atoms with Crippen molar-refractivity contribution >= 4 is 49.8 Å². The van der Waals surface area contributed by atoms with Crippen molar-refractivity contribution in [3.8, 4) is 33.4 Å². The number of nitrogens with zero attached hydrogens (tertiary/aromatic N) is 1. The van der Waals surface area contributed by atoms with E-state index in [4.69, 9.17) is 4.42 Å². The highest BCUT2D eigenvalue weighted by molar-refractivity contribution is 6.13. The highest BCUT2D eigenvalue weighted by Gasteiger charge is 2.21. The largest absolute Gasteiger partial charge is 0.456 e. The van der Waals surface area contributed by atoms with Crippen LogP contribution in [0.15, 0.2) is 192 Å². The summed E-state index contributed by atoms with van der Waals surface area (Å²) in [7, 11) is 0. The molecule has 9 aromatic rings. The molecule has 1 heterocycles. The van der Waals surface area contributed by atoms with Crippen molar-refractivity contribution in [2.24, 2.45) is 0 Å². The third-order valence-corrected chi connectivity index (χ3v) is 9.26. The Hall–Kier alpha value is -6.38. The highest BCUT2D eigenvalue weighted by Crippen LogP contribution is 2.46. The summed E-state index contributed by atoms with van der Waals surface area (Å²) in [6.07, 6.45) is 0. The minimum atomic E-state index is 0.873. The first-order valence-electron chi connectivity index (χ1n) is 16.3. The van der Waals surface area contributed by atoms with Crippen LogP contribution in [0, 0.1) is 0 Å². The summed E-state index contributed by atoms with van der Waals surface area (Å²) in [5.41, 5.74) is 12.1. The molecule has 0 bridgehead atoms. The first-order chi connectivity index (χ1) is 23.8. The fraction of sp³-hybridized carbons (Fsp3) is 0. The lowest BCUT2D eigenvalue weighted by molar-refractivity contribution is 0.669. The number of furan rings is 1. The molecule has 0 unspecified atom stereocenters. The van der Waals surface area contributed by atoms with Crippen molar-refractivity contribution in [2.45, 2.75) is 0 Å². The van der Waals surface area contributed by atoms with Crippen molar-refractivity contribution < 1.29 is 4.42 Å². The molecule has 0 amide bonds. The molecule has 2 nitrogen and oxygen atoms in total. The third kappa shape index (κ3) is 4.92. The van der Waals surface area contributed by atoms with Gasteiger partial charge in [-0.15, -0.1) is 0 Å². The molecule has 0 N–H and O–H groups in total. The zero-order valence-corrected chi connectivity index (χ0v) is 26.3. The fourth-order valence-corrected chi connectivity index (χ4v) is 6.93. The normalized spacial score (nSPS) is 11.3. The van der Waals surface area contributed by atoms with Crippen LogP contribution in [-0.4, -0.2) is 0 Å². The number of para-hydroxylation sites is 2. The van der Waals surface area contributed by atoms with Crippen molar-refractivity contribution in [3.05, 3.63) is 188 Å². The number of benzene rings is 8. The Morgan fingerprint density at radius 1 is 0.354 bits per heavy atom. The first kappa shape index (κ1) is 27.9. The van der Waals surface area contributed by atoms with Gasteiger partial charge in [0.25, 0.3) is 0 Å². The molecule has 0 atom stereocenters. The molecular formula is C46H31NO. The number of hydrogen-bond donors (Lipinski definition) is 0. The molecule has 1 aromatic heterocycles. The molecule has 0 saturated carbocycles. The molecule has 0 aliphatic heterocycles. The van der Waals surface area contributed by atoms with Crippen molar-refractivity contribution in [2.75, 3.05) is 4.90 Å². The van der Waals surface area contributed by atoms with E-state index in [1.807, 2.05) is 12.1 Å². The lowest BCUT2D eigenvalue weighted by atomic mass is 9.97. The van der Waals surface area contributed by atoms with E-state index >= 15 is 0 Å². The average Bonchev–Trinajstić information content (AvgIpc) is 3.55. The average molecular weight is 614 g/mol. The molecular weight excluding hydrogens is 583 g/mol. The van der Waals surface area contributed by atoms with Gasteiger partial charge >= 0.3 is 0 Å². The Bertz CT molecular complexity index is 2560. The van der Waals surface area contributed by atoms with E-state index in [1.165, 1.54) is 38.6 Å². The van der Waals surface area contributed by atoms with E-state index in [9.17, 15) is 0 Å². The van der Waals surface area contributed by atoms with Gasteiger partial charge in [-0.2, -0.15) is 0 Å². The molecule has 2 heteroatoms. The third-order valence-electron chi connectivity index (χ3n) is 9.26. The van der Waals surface area contributed by atoms with Crippen LogP contribution in [0.25, 0.3) is 66.1 Å². The Balaban J connectivity index is 1.18. The maximum Gasteiger partial charge on any atom is 0.137 e. The summed E-state index contributed by atoms with van der Waals surface area (Å²) in [5.74, 6) is 0. The van der Waals surface area contributed by atoms with Gasteiger partial charge in [0, 0.05) is 16.6 Å². The molecule has 0 saturated heterocycles. The smallest absolute Gasteiger partial charge is 0.137 e. The Morgan fingerprint density at radius 3 is 1.83 bits per heavy atom. The second kappa shape index (κ2) is 11.8. The minimum absolute atomic E-state index is 0.873. The Labute approximate surface area is 279 Å². The van der Waals surface area contributed by atoms with Crippen molar-refractivity contribution in [1.82, 2.24) is 0 Å². The quantitative estimate of drug-likeness (QED) is 0.185. The van der Waals surface area contributed by atoms with Crippen LogP contribution in [0.2, 0.25) is 0 Å². The summed E-state index contributed by atoms with van der Waals surface area (Å²) in [6.45, 7) is 0. The Morgan fingerprint density at radius 2 is 0.958 bits per heavy atom. The van der Waals surface area contributed by atoms with E-state index in [2.05, 4.69) is 181 Å². The molecule has 226 valence electrons. The number of rotatable bonds is 6. The fourth-order valence-electron chi connectivity index (χ4n) is 6.93. The maximum atomic E-state index is 6.35. The first-order valence-corrected chi connectivity index (χ1v) is 16.3. The van der Waals surface area contributed by atoms with Crippen LogP contribution in [-0.2, 0) is 0 Å². The SMILES string of the molecule is c1ccc(-c2ccccc2N(c2ccc(-c3cccc(-c4ccc5ccccc5c4)c3)cc2)c2cccc3oc4ccccc4c23)cc1. The highest BCUT2D eigenvalue weighted by atomic mass is 16.3. The molecule has 0 radical (unpaired) electrons. The number of anilines is 3. The number of hydrogen-bond acceptors (Lipinski definition) is 2. The van der Waals surface area contributed by atoms with Gasteiger partial charge in [-0.1, -0.05) is 140 Å². The van der Waals surface area contributed by atoms with Gasteiger partial charge in [-0.3, -0.25) is 0 Å². The van der Waals surface area contributed by atoms with E-state index in [0.29, 0.717) is 0 Å². The zero-order chi connectivity index (χ0) is 31.9. The number of fused-ring (bicyclic) bond motifs is 4. The van der Waals surface area contributed by atoms with Gasteiger partial charge < -0.3 is 9.32 Å². The standard InChI is InChI=1S/C46H31NO/c1-2-13-34(14-3-1)40-18-6-8-20-42(40)47(43-21-11-23-45-46(43)41-19-7-9-22-44(41)48-45)39-28-26-33(27-29-39)36-16-10-17-37(30-36)38-25-24-32-12-4-5-15-35(32)31-38/h1-31H. The van der Waals surface area contributed by atoms with E-state index in [0.717, 1.165) is 44.6 Å². The zero-order valence-electron chi connectivity index (χ0n) is 26.3. The monoisotopic (exact) mass is 613 g/mol. The van der Waals surface area contributed by atoms with Gasteiger partial charge in [0.1, 0.15) is 11.2 Å². The van der Waals surface area contributed by atoms with Crippen LogP contribution in [0.1, 0.15) is 0 Å². The summed E-state index contributed by atoms with van der Waals surface area (Å²) in [4.78, 5) is 2.38.